The Morgan fingerprint density at radius 1 is 1.57 bits per heavy atom. The van der Waals surface area contributed by atoms with E-state index >= 15 is 0 Å². The second-order valence-electron chi connectivity index (χ2n) is 3.78. The number of hydrogen-bond donors (Lipinski definition) is 2. The van der Waals surface area contributed by atoms with E-state index in [1.165, 1.54) is 6.42 Å². The topological polar surface area (TPSA) is 52.6 Å². The molecule has 82 valence electrons. The normalized spacial score (nSPS) is 22.4. The number of carbonyl (C=O) groups is 1. The maximum Gasteiger partial charge on any atom is 0.236 e. The molecule has 14 heavy (non-hydrogen) atoms. The fourth-order valence-corrected chi connectivity index (χ4v) is 2.03. The minimum absolute atomic E-state index is 0.158. The summed E-state index contributed by atoms with van der Waals surface area (Å²) in [4.78, 5) is 13.6. The van der Waals surface area contributed by atoms with Gasteiger partial charge in [-0.1, -0.05) is 0 Å². The number of aliphatic hydroxyl groups is 1. The zero-order valence-electron chi connectivity index (χ0n) is 8.83. The first-order chi connectivity index (χ1) is 6.79. The van der Waals surface area contributed by atoms with Gasteiger partial charge in [0.1, 0.15) is 0 Å². The van der Waals surface area contributed by atoms with Gasteiger partial charge in [0.25, 0.3) is 0 Å². The Kier molecular flexibility index (Phi) is 4.90. The summed E-state index contributed by atoms with van der Waals surface area (Å²) in [5.41, 5.74) is 0. The lowest BCUT2D eigenvalue weighted by Gasteiger charge is -2.35. The van der Waals surface area contributed by atoms with E-state index in [1.54, 1.807) is 7.05 Å². The first-order valence-corrected chi connectivity index (χ1v) is 5.34. The number of aliphatic hydroxyl groups excluding tert-OH is 1. The molecule has 0 aliphatic carbocycles. The van der Waals surface area contributed by atoms with Crippen molar-refractivity contribution in [3.05, 3.63) is 0 Å². The van der Waals surface area contributed by atoms with Crippen molar-refractivity contribution in [3.8, 4) is 0 Å². The lowest BCUT2D eigenvalue weighted by atomic mass is 9.99. The smallest absolute Gasteiger partial charge is 0.236 e. The van der Waals surface area contributed by atoms with Crippen LogP contribution in [0, 0.1) is 0 Å². The Labute approximate surface area is 85.3 Å². The molecule has 0 bridgehead atoms. The Bertz CT molecular complexity index is 183. The third kappa shape index (κ3) is 2.96. The molecule has 1 heterocycles. The van der Waals surface area contributed by atoms with E-state index in [2.05, 4.69) is 5.32 Å². The number of carbonyl (C=O) groups excluding carboxylic acids is 1. The van der Waals surface area contributed by atoms with Crippen LogP contribution >= 0.6 is 0 Å². The predicted molar refractivity (Wildman–Crippen MR) is 55.0 cm³/mol. The van der Waals surface area contributed by atoms with Crippen LogP contribution in [0.1, 0.15) is 25.7 Å². The van der Waals surface area contributed by atoms with Gasteiger partial charge in [0.05, 0.1) is 6.54 Å². The van der Waals surface area contributed by atoms with Gasteiger partial charge in [-0.15, -0.1) is 0 Å². The molecule has 0 aromatic rings. The molecule has 1 saturated heterocycles. The van der Waals surface area contributed by atoms with Crippen molar-refractivity contribution in [1.82, 2.24) is 10.2 Å². The van der Waals surface area contributed by atoms with E-state index in [1.807, 2.05) is 4.90 Å². The van der Waals surface area contributed by atoms with E-state index in [0.717, 1.165) is 25.8 Å². The van der Waals surface area contributed by atoms with Crippen molar-refractivity contribution in [3.63, 3.8) is 0 Å². The van der Waals surface area contributed by atoms with E-state index in [-0.39, 0.29) is 18.6 Å². The molecule has 1 rings (SSSR count). The van der Waals surface area contributed by atoms with Crippen LogP contribution in [0.3, 0.4) is 0 Å². The maximum absolute atomic E-state index is 11.7. The Morgan fingerprint density at radius 3 is 3.00 bits per heavy atom. The Morgan fingerprint density at radius 2 is 2.36 bits per heavy atom. The van der Waals surface area contributed by atoms with E-state index in [4.69, 9.17) is 5.11 Å². The van der Waals surface area contributed by atoms with Crippen LogP contribution in [-0.2, 0) is 4.79 Å². The molecule has 1 aliphatic heterocycles. The summed E-state index contributed by atoms with van der Waals surface area (Å²) < 4.78 is 0. The van der Waals surface area contributed by atoms with Gasteiger partial charge in [-0.3, -0.25) is 4.79 Å². The summed E-state index contributed by atoms with van der Waals surface area (Å²) in [6.07, 6.45) is 4.02. The lowest BCUT2D eigenvalue weighted by Crippen LogP contribution is -2.47. The molecular formula is C10H20N2O2. The molecule has 1 aliphatic rings. The molecule has 1 unspecified atom stereocenters. The zero-order valence-corrected chi connectivity index (χ0v) is 8.83. The average Bonchev–Trinajstić information content (AvgIpc) is 2.19. The Hall–Kier alpha value is -0.610. The van der Waals surface area contributed by atoms with Crippen molar-refractivity contribution in [2.75, 3.05) is 26.7 Å². The molecule has 0 radical (unpaired) electrons. The average molecular weight is 200 g/mol. The number of piperidine rings is 1. The molecule has 0 aromatic carbocycles. The van der Waals surface area contributed by atoms with E-state index in [9.17, 15) is 4.79 Å². The number of hydrogen-bond acceptors (Lipinski definition) is 3. The molecule has 4 heteroatoms. The van der Waals surface area contributed by atoms with Crippen molar-refractivity contribution in [1.29, 1.82) is 0 Å². The van der Waals surface area contributed by atoms with Crippen LogP contribution in [0.2, 0.25) is 0 Å². The number of likely N-dealkylation sites (N-methyl/N-ethyl adjacent to an activating group) is 1. The second kappa shape index (κ2) is 5.98. The van der Waals surface area contributed by atoms with Crippen molar-refractivity contribution in [2.45, 2.75) is 31.7 Å². The summed E-state index contributed by atoms with van der Waals surface area (Å²) in [6, 6.07) is 0.259. The molecule has 0 spiro atoms. The van der Waals surface area contributed by atoms with Crippen LogP contribution in [-0.4, -0.2) is 48.7 Å². The molecule has 0 saturated carbocycles. The Balaban J connectivity index is 2.48. The predicted octanol–water partition coefficient (Wildman–Crippen LogP) is -0.0307. The lowest BCUT2D eigenvalue weighted by molar-refractivity contribution is -0.134. The number of rotatable bonds is 4. The molecule has 0 aromatic heterocycles. The maximum atomic E-state index is 11.7. The second-order valence-corrected chi connectivity index (χ2v) is 3.78. The first kappa shape index (κ1) is 11.5. The van der Waals surface area contributed by atoms with Gasteiger partial charge >= 0.3 is 0 Å². The SMILES string of the molecule is CNCC(=O)N1CCCCC1CCO. The number of nitrogens with zero attached hydrogens (tertiary/aromatic N) is 1. The van der Waals surface area contributed by atoms with E-state index < -0.39 is 0 Å². The molecule has 1 atom stereocenters. The molecular weight excluding hydrogens is 180 g/mol. The van der Waals surface area contributed by atoms with Crippen LogP contribution in [0.5, 0.6) is 0 Å². The van der Waals surface area contributed by atoms with Crippen molar-refractivity contribution >= 4 is 5.91 Å². The van der Waals surface area contributed by atoms with Gasteiger partial charge in [-0.05, 0) is 32.7 Å². The van der Waals surface area contributed by atoms with Crippen LogP contribution in [0.15, 0.2) is 0 Å². The minimum Gasteiger partial charge on any atom is -0.396 e. The quantitative estimate of drug-likeness (QED) is 0.670. The molecule has 4 nitrogen and oxygen atoms in total. The standard InChI is InChI=1S/C10H20N2O2/c1-11-8-10(14)12-6-3-2-4-9(12)5-7-13/h9,11,13H,2-8H2,1H3. The molecule has 2 N–H and O–H groups in total. The summed E-state index contributed by atoms with van der Waals surface area (Å²) in [5, 5.41) is 11.8. The summed E-state index contributed by atoms with van der Waals surface area (Å²) >= 11 is 0. The third-order valence-corrected chi connectivity index (χ3v) is 2.74. The van der Waals surface area contributed by atoms with Gasteiger partial charge in [0.2, 0.25) is 5.91 Å². The highest BCUT2D eigenvalue weighted by Crippen LogP contribution is 2.19. The fourth-order valence-electron chi connectivity index (χ4n) is 2.03. The monoisotopic (exact) mass is 200 g/mol. The van der Waals surface area contributed by atoms with Crippen molar-refractivity contribution in [2.24, 2.45) is 0 Å². The summed E-state index contributed by atoms with van der Waals surface area (Å²) in [6.45, 7) is 1.43. The highest BCUT2D eigenvalue weighted by Gasteiger charge is 2.25. The first-order valence-electron chi connectivity index (χ1n) is 5.34. The van der Waals surface area contributed by atoms with Crippen LogP contribution in [0.25, 0.3) is 0 Å². The minimum atomic E-state index is 0.158. The highest BCUT2D eigenvalue weighted by atomic mass is 16.3. The number of amides is 1. The molecule has 1 fully saturated rings. The fraction of sp³-hybridized carbons (Fsp3) is 0.900. The van der Waals surface area contributed by atoms with Gasteiger partial charge in [0, 0.05) is 19.2 Å². The highest BCUT2D eigenvalue weighted by molar-refractivity contribution is 5.78. The van der Waals surface area contributed by atoms with Gasteiger partial charge in [-0.2, -0.15) is 0 Å². The van der Waals surface area contributed by atoms with Gasteiger partial charge in [0.15, 0.2) is 0 Å². The van der Waals surface area contributed by atoms with Crippen LogP contribution in [0.4, 0.5) is 0 Å². The van der Waals surface area contributed by atoms with Crippen molar-refractivity contribution < 1.29 is 9.90 Å². The number of nitrogens with one attached hydrogen (secondary N) is 1. The summed E-state index contributed by atoms with van der Waals surface area (Å²) in [7, 11) is 1.78. The number of likely N-dealkylation sites (tertiary alicyclic amines) is 1. The van der Waals surface area contributed by atoms with Crippen LogP contribution < -0.4 is 5.32 Å². The molecule has 1 amide bonds. The third-order valence-electron chi connectivity index (χ3n) is 2.74. The van der Waals surface area contributed by atoms with Gasteiger partial charge in [-0.25, -0.2) is 0 Å². The van der Waals surface area contributed by atoms with E-state index in [0.29, 0.717) is 6.54 Å². The zero-order chi connectivity index (χ0) is 10.4. The largest absolute Gasteiger partial charge is 0.396 e. The summed E-state index contributed by atoms with van der Waals surface area (Å²) in [5.74, 6) is 0.158. The van der Waals surface area contributed by atoms with Gasteiger partial charge < -0.3 is 15.3 Å².